The van der Waals surface area contributed by atoms with Gasteiger partial charge in [-0.3, -0.25) is 4.57 Å². The van der Waals surface area contributed by atoms with Crippen molar-refractivity contribution in [2.45, 2.75) is 31.4 Å². The molecule has 3 atom stereocenters. The highest BCUT2D eigenvalue weighted by Gasteiger charge is 2.26. The second-order valence-electron chi connectivity index (χ2n) is 3.43. The molecule has 1 aromatic rings. The number of nitro groups is 1. The number of aromatic nitrogens is 2. The van der Waals surface area contributed by atoms with Crippen LogP contribution in [0.2, 0.25) is 0 Å². The van der Waals surface area contributed by atoms with Crippen LogP contribution in [-0.2, 0) is 9.47 Å². The highest BCUT2D eigenvalue weighted by Crippen LogP contribution is 2.24. The van der Waals surface area contributed by atoms with E-state index in [-0.39, 0.29) is 5.82 Å². The largest absolute Gasteiger partial charge is 0.381 e. The lowest BCUT2D eigenvalue weighted by Gasteiger charge is -2.24. The number of ether oxygens (including phenoxy) is 2. The van der Waals surface area contributed by atoms with Crippen molar-refractivity contribution in [3.8, 4) is 0 Å². The van der Waals surface area contributed by atoms with Crippen molar-refractivity contribution in [3.05, 3.63) is 22.6 Å². The van der Waals surface area contributed by atoms with Gasteiger partial charge in [-0.15, -0.1) is 11.6 Å². The molecule has 0 saturated carbocycles. The van der Waals surface area contributed by atoms with Gasteiger partial charge in [0.1, 0.15) is 6.20 Å². The fourth-order valence-electron chi connectivity index (χ4n) is 1.28. The maximum absolute atomic E-state index is 10.5. The first kappa shape index (κ1) is 14.8. The molecule has 1 N–H and O–H groups in total. The lowest BCUT2D eigenvalue weighted by atomic mass is 10.3. The van der Waals surface area contributed by atoms with Crippen LogP contribution in [0.1, 0.15) is 19.6 Å². The van der Waals surface area contributed by atoms with E-state index in [2.05, 4.69) is 9.72 Å². The van der Waals surface area contributed by atoms with Crippen LogP contribution in [0.5, 0.6) is 0 Å². The van der Waals surface area contributed by atoms with Gasteiger partial charge >= 0.3 is 5.82 Å². The molecular formula is C9H14ClN3O5. The number of nitrogens with zero attached hydrogens (tertiary/aromatic N) is 3. The third-order valence-corrected chi connectivity index (χ3v) is 2.75. The van der Waals surface area contributed by atoms with Gasteiger partial charge in [-0.2, -0.15) is 0 Å². The molecule has 9 heteroatoms. The van der Waals surface area contributed by atoms with Gasteiger partial charge < -0.3 is 24.7 Å². The Labute approximate surface area is 108 Å². The smallest absolute Gasteiger partial charge is 0.358 e. The molecule has 1 heterocycles. The van der Waals surface area contributed by atoms with Crippen LogP contribution in [0.3, 0.4) is 0 Å². The Hall–Kier alpha value is -1.22. The van der Waals surface area contributed by atoms with Crippen LogP contribution < -0.4 is 0 Å². The summed E-state index contributed by atoms with van der Waals surface area (Å²) < 4.78 is 11.0. The SMILES string of the molecule is CCC(Cl)C(OC(O)OC)n1cnc([N+](=O)[O-])c1. The lowest BCUT2D eigenvalue weighted by molar-refractivity contribution is -0.389. The molecule has 0 aliphatic rings. The number of hydrogen-bond donors (Lipinski definition) is 1. The van der Waals surface area contributed by atoms with Crippen LogP contribution in [0.15, 0.2) is 12.5 Å². The molecule has 0 fully saturated rings. The predicted octanol–water partition coefficient (Wildman–Crippen LogP) is 1.25. The number of alkyl halides is 1. The first-order valence-electron chi connectivity index (χ1n) is 5.17. The Morgan fingerprint density at radius 1 is 1.72 bits per heavy atom. The van der Waals surface area contributed by atoms with E-state index in [1.807, 2.05) is 6.92 Å². The van der Waals surface area contributed by atoms with Crippen molar-refractivity contribution in [1.82, 2.24) is 9.55 Å². The molecule has 18 heavy (non-hydrogen) atoms. The second kappa shape index (κ2) is 6.64. The van der Waals surface area contributed by atoms with Gasteiger partial charge in [-0.25, -0.2) is 0 Å². The van der Waals surface area contributed by atoms with Gasteiger partial charge in [0, 0.05) is 7.11 Å². The molecule has 0 spiro atoms. The number of aliphatic hydroxyl groups is 1. The van der Waals surface area contributed by atoms with Crippen molar-refractivity contribution in [2.24, 2.45) is 0 Å². The third kappa shape index (κ3) is 3.64. The van der Waals surface area contributed by atoms with E-state index in [1.165, 1.54) is 24.2 Å². The van der Waals surface area contributed by atoms with Gasteiger partial charge in [-0.05, 0) is 16.3 Å². The van der Waals surface area contributed by atoms with E-state index in [4.69, 9.17) is 16.3 Å². The normalized spacial score (nSPS) is 16.2. The first-order valence-corrected chi connectivity index (χ1v) is 5.61. The van der Waals surface area contributed by atoms with E-state index in [0.29, 0.717) is 6.42 Å². The summed E-state index contributed by atoms with van der Waals surface area (Å²) in [5.74, 6) is -0.324. The Kier molecular flexibility index (Phi) is 5.48. The zero-order valence-corrected chi connectivity index (χ0v) is 10.6. The highest BCUT2D eigenvalue weighted by atomic mass is 35.5. The van der Waals surface area contributed by atoms with Crippen LogP contribution in [0.25, 0.3) is 0 Å². The van der Waals surface area contributed by atoms with Crippen molar-refractivity contribution in [3.63, 3.8) is 0 Å². The number of halogens is 1. The van der Waals surface area contributed by atoms with Crippen LogP contribution in [0, 0.1) is 10.1 Å². The van der Waals surface area contributed by atoms with Crippen molar-refractivity contribution >= 4 is 17.4 Å². The van der Waals surface area contributed by atoms with E-state index in [0.717, 1.165) is 0 Å². The summed E-state index contributed by atoms with van der Waals surface area (Å²) >= 11 is 6.05. The summed E-state index contributed by atoms with van der Waals surface area (Å²) in [4.78, 5) is 13.5. The number of imidazole rings is 1. The Morgan fingerprint density at radius 2 is 2.39 bits per heavy atom. The minimum absolute atomic E-state index is 0.324. The van der Waals surface area contributed by atoms with Crippen LogP contribution in [0.4, 0.5) is 5.82 Å². The fraction of sp³-hybridized carbons (Fsp3) is 0.667. The Bertz CT molecular complexity index is 399. The topological polar surface area (TPSA) is 99.7 Å². The predicted molar refractivity (Wildman–Crippen MR) is 62.0 cm³/mol. The van der Waals surface area contributed by atoms with E-state index in [1.54, 1.807) is 0 Å². The summed E-state index contributed by atoms with van der Waals surface area (Å²) in [6, 6.07) is 0. The van der Waals surface area contributed by atoms with Crippen molar-refractivity contribution < 1.29 is 19.5 Å². The number of hydrogen-bond acceptors (Lipinski definition) is 6. The molecule has 0 bridgehead atoms. The van der Waals surface area contributed by atoms with E-state index >= 15 is 0 Å². The summed E-state index contributed by atoms with van der Waals surface area (Å²) in [6.07, 6.45) is 2.12. The van der Waals surface area contributed by atoms with Gasteiger partial charge in [0.2, 0.25) is 6.33 Å². The minimum atomic E-state index is -1.47. The zero-order chi connectivity index (χ0) is 13.7. The first-order chi connectivity index (χ1) is 8.49. The Morgan fingerprint density at radius 3 is 2.83 bits per heavy atom. The van der Waals surface area contributed by atoms with Gasteiger partial charge in [0.15, 0.2) is 6.23 Å². The molecule has 8 nitrogen and oxygen atoms in total. The summed E-state index contributed by atoms with van der Waals surface area (Å²) in [5, 5.41) is 19.3. The molecular weight excluding hydrogens is 266 g/mol. The average Bonchev–Trinajstić information content (AvgIpc) is 2.84. The molecule has 0 aliphatic heterocycles. The Balaban J connectivity index is 2.90. The standard InChI is InChI=1S/C9H14ClN3O5/c1-3-6(10)8(18-9(14)17-2)12-4-7(11-5-12)13(15)16/h4-6,8-9,14H,3H2,1-2H3. The number of methoxy groups -OCH3 is 1. The van der Waals surface area contributed by atoms with E-state index < -0.39 is 23.0 Å². The van der Waals surface area contributed by atoms with Crippen LogP contribution in [-0.4, -0.2) is 38.5 Å². The molecule has 0 aliphatic carbocycles. The number of rotatable bonds is 7. The summed E-state index contributed by atoms with van der Waals surface area (Å²) in [7, 11) is 1.26. The molecule has 102 valence electrons. The monoisotopic (exact) mass is 279 g/mol. The maximum atomic E-state index is 10.5. The molecule has 0 radical (unpaired) electrons. The molecule has 0 saturated heterocycles. The zero-order valence-electron chi connectivity index (χ0n) is 9.89. The van der Waals surface area contributed by atoms with Gasteiger partial charge in [-0.1, -0.05) is 6.92 Å². The molecule has 0 amide bonds. The van der Waals surface area contributed by atoms with E-state index in [9.17, 15) is 15.2 Å². The summed E-state index contributed by atoms with van der Waals surface area (Å²) in [6.45, 7) is 0.350. The quantitative estimate of drug-likeness (QED) is 0.349. The van der Waals surface area contributed by atoms with Crippen molar-refractivity contribution in [2.75, 3.05) is 7.11 Å². The maximum Gasteiger partial charge on any atom is 0.381 e. The third-order valence-electron chi connectivity index (χ3n) is 2.23. The number of aliphatic hydroxyl groups excluding tert-OH is 1. The van der Waals surface area contributed by atoms with Gasteiger partial charge in [0.25, 0.3) is 6.48 Å². The molecule has 3 unspecified atom stereocenters. The summed E-state index contributed by atoms with van der Waals surface area (Å²) in [5.41, 5.74) is 0. The van der Waals surface area contributed by atoms with Crippen molar-refractivity contribution in [1.29, 1.82) is 0 Å². The van der Waals surface area contributed by atoms with Crippen LogP contribution >= 0.6 is 11.6 Å². The fourth-order valence-corrected chi connectivity index (χ4v) is 1.47. The molecule has 0 aromatic carbocycles. The second-order valence-corrected chi connectivity index (χ2v) is 3.99. The minimum Gasteiger partial charge on any atom is -0.358 e. The van der Waals surface area contributed by atoms with Gasteiger partial charge in [0.05, 0.1) is 5.38 Å². The molecule has 1 rings (SSSR count). The lowest BCUT2D eigenvalue weighted by Crippen LogP contribution is -2.27. The average molecular weight is 280 g/mol. The highest BCUT2D eigenvalue weighted by molar-refractivity contribution is 6.20. The molecule has 1 aromatic heterocycles.